The van der Waals surface area contributed by atoms with E-state index in [9.17, 15) is 4.79 Å². The van der Waals surface area contributed by atoms with Crippen LogP contribution in [0, 0.1) is 0 Å². The minimum Gasteiger partial charge on any atom is -0.396 e. The molecule has 4 nitrogen and oxygen atoms in total. The molecule has 0 radical (unpaired) electrons. The number of nitrogens with zero attached hydrogens (tertiary/aromatic N) is 1. The van der Waals surface area contributed by atoms with Crippen LogP contribution in [0.3, 0.4) is 0 Å². The second-order valence-electron chi connectivity index (χ2n) is 7.81. The van der Waals surface area contributed by atoms with E-state index >= 15 is 0 Å². The molecular formula is C23H37NO3. The molecule has 1 aliphatic rings. The fourth-order valence-electron chi connectivity index (χ4n) is 4.47. The van der Waals surface area contributed by atoms with Crippen molar-refractivity contribution in [3.63, 3.8) is 0 Å². The van der Waals surface area contributed by atoms with Gasteiger partial charge in [0.25, 0.3) is 5.91 Å². The fraction of sp³-hybridized carbons (Fsp3) is 0.696. The number of aliphatic hydroxyl groups is 2. The van der Waals surface area contributed by atoms with Crippen LogP contribution < -0.4 is 0 Å². The van der Waals surface area contributed by atoms with Crippen LogP contribution in [0.1, 0.15) is 93.5 Å². The summed E-state index contributed by atoms with van der Waals surface area (Å²) in [6, 6.07) is 8.14. The minimum absolute atomic E-state index is 0.186. The molecule has 2 N–H and O–H groups in total. The van der Waals surface area contributed by atoms with Gasteiger partial charge in [-0.2, -0.15) is 0 Å². The van der Waals surface area contributed by atoms with Crippen LogP contribution in [0.4, 0.5) is 0 Å². The van der Waals surface area contributed by atoms with Gasteiger partial charge in [0.2, 0.25) is 0 Å². The molecular weight excluding hydrogens is 338 g/mol. The fourth-order valence-corrected chi connectivity index (χ4v) is 4.47. The first kappa shape index (κ1) is 21.9. The first-order valence-corrected chi connectivity index (χ1v) is 10.8. The van der Waals surface area contributed by atoms with Gasteiger partial charge in [0.05, 0.1) is 5.54 Å². The van der Waals surface area contributed by atoms with Crippen molar-refractivity contribution < 1.29 is 15.0 Å². The average molecular weight is 376 g/mol. The van der Waals surface area contributed by atoms with Crippen molar-refractivity contribution in [2.24, 2.45) is 0 Å². The summed E-state index contributed by atoms with van der Waals surface area (Å²) in [5, 5.41) is 18.3. The van der Waals surface area contributed by atoms with Gasteiger partial charge in [-0.25, -0.2) is 0 Å². The number of hydrogen-bond donors (Lipinski definition) is 2. The Hall–Kier alpha value is -1.39. The maximum absolute atomic E-state index is 13.2. The average Bonchev–Trinajstić information content (AvgIpc) is 2.92. The summed E-state index contributed by atoms with van der Waals surface area (Å²) in [7, 11) is 0. The van der Waals surface area contributed by atoms with E-state index in [0.29, 0.717) is 0 Å². The molecule has 4 heteroatoms. The summed E-state index contributed by atoms with van der Waals surface area (Å²) >= 11 is 0. The van der Waals surface area contributed by atoms with Gasteiger partial charge in [-0.3, -0.25) is 4.79 Å². The molecule has 1 heterocycles. The SMILES string of the molecule is CCCCCN1C(=O)c2ccccc2C1(CCCCCO)CCCCCO. The minimum atomic E-state index is -0.216. The summed E-state index contributed by atoms with van der Waals surface area (Å²) in [4.78, 5) is 15.4. The molecule has 0 saturated carbocycles. The standard InChI is InChI=1S/C23H37NO3/c1-2-3-10-17-24-22(27)20-13-6-7-14-21(20)23(24,15-8-4-11-18-25)16-9-5-12-19-26/h6-7,13-14,25-26H,2-5,8-12,15-19H2,1H3. The normalized spacial score (nSPS) is 15.4. The topological polar surface area (TPSA) is 60.8 Å². The lowest BCUT2D eigenvalue weighted by atomic mass is 9.80. The maximum atomic E-state index is 13.2. The zero-order valence-corrected chi connectivity index (χ0v) is 17.0. The number of unbranched alkanes of at least 4 members (excludes halogenated alkanes) is 6. The van der Waals surface area contributed by atoms with Gasteiger partial charge in [-0.1, -0.05) is 63.6 Å². The van der Waals surface area contributed by atoms with Crippen LogP contribution in [0.25, 0.3) is 0 Å². The zero-order valence-electron chi connectivity index (χ0n) is 17.0. The number of rotatable bonds is 14. The van der Waals surface area contributed by atoms with Gasteiger partial charge < -0.3 is 15.1 Å². The quantitative estimate of drug-likeness (QED) is 0.466. The molecule has 1 aliphatic heterocycles. The Morgan fingerprint density at radius 1 is 0.852 bits per heavy atom. The molecule has 0 aromatic heterocycles. The first-order chi connectivity index (χ1) is 13.2. The molecule has 0 unspecified atom stereocenters. The number of carbonyl (C=O) groups is 1. The monoisotopic (exact) mass is 375 g/mol. The van der Waals surface area contributed by atoms with Crippen LogP contribution in [0.15, 0.2) is 24.3 Å². The Bertz CT molecular complexity index is 560. The van der Waals surface area contributed by atoms with E-state index in [1.54, 1.807) is 0 Å². The molecule has 0 aliphatic carbocycles. The summed E-state index contributed by atoms with van der Waals surface area (Å²) in [6.07, 6.45) is 10.9. The van der Waals surface area contributed by atoms with Crippen molar-refractivity contribution in [2.45, 2.75) is 83.1 Å². The van der Waals surface area contributed by atoms with Crippen molar-refractivity contribution in [3.8, 4) is 0 Å². The molecule has 2 rings (SSSR count). The van der Waals surface area contributed by atoms with E-state index in [0.717, 1.165) is 82.7 Å². The number of fused-ring (bicyclic) bond motifs is 1. The second-order valence-corrected chi connectivity index (χ2v) is 7.81. The van der Waals surface area contributed by atoms with Crippen molar-refractivity contribution >= 4 is 5.91 Å². The number of benzene rings is 1. The Morgan fingerprint density at radius 2 is 1.48 bits per heavy atom. The highest BCUT2D eigenvalue weighted by molar-refractivity contribution is 6.00. The predicted molar refractivity (Wildman–Crippen MR) is 110 cm³/mol. The third-order valence-corrected chi connectivity index (χ3v) is 5.90. The van der Waals surface area contributed by atoms with E-state index in [1.165, 1.54) is 5.56 Å². The predicted octanol–water partition coefficient (Wildman–Crippen LogP) is 4.63. The Morgan fingerprint density at radius 3 is 2.07 bits per heavy atom. The molecule has 1 amide bonds. The Kier molecular flexibility index (Phi) is 9.29. The van der Waals surface area contributed by atoms with Gasteiger partial charge in [0.1, 0.15) is 0 Å². The lowest BCUT2D eigenvalue weighted by Crippen LogP contribution is -2.44. The smallest absolute Gasteiger partial charge is 0.254 e. The van der Waals surface area contributed by atoms with Crippen molar-refractivity contribution in [1.29, 1.82) is 0 Å². The number of hydrogen-bond acceptors (Lipinski definition) is 3. The van der Waals surface area contributed by atoms with Crippen LogP contribution in [0.5, 0.6) is 0 Å². The van der Waals surface area contributed by atoms with Crippen LogP contribution in [-0.4, -0.2) is 40.8 Å². The van der Waals surface area contributed by atoms with E-state index in [4.69, 9.17) is 10.2 Å². The summed E-state index contributed by atoms with van der Waals surface area (Å²) in [5.41, 5.74) is 1.85. The molecule has 0 bridgehead atoms. The van der Waals surface area contributed by atoms with E-state index in [1.807, 2.05) is 12.1 Å². The molecule has 1 aromatic carbocycles. The van der Waals surface area contributed by atoms with Gasteiger partial charge in [-0.05, 0) is 43.7 Å². The van der Waals surface area contributed by atoms with Gasteiger partial charge >= 0.3 is 0 Å². The first-order valence-electron chi connectivity index (χ1n) is 10.8. The maximum Gasteiger partial charge on any atom is 0.254 e. The Balaban J connectivity index is 2.27. The van der Waals surface area contributed by atoms with E-state index < -0.39 is 0 Å². The molecule has 152 valence electrons. The highest BCUT2D eigenvalue weighted by Gasteiger charge is 2.47. The number of carbonyl (C=O) groups excluding carboxylic acids is 1. The summed E-state index contributed by atoms with van der Waals surface area (Å²) in [6.45, 7) is 3.48. The van der Waals surface area contributed by atoms with E-state index in [2.05, 4.69) is 24.0 Å². The van der Waals surface area contributed by atoms with E-state index in [-0.39, 0.29) is 24.7 Å². The Labute approximate surface area is 164 Å². The molecule has 1 aromatic rings. The lowest BCUT2D eigenvalue weighted by molar-refractivity contribution is 0.0463. The number of amides is 1. The highest BCUT2D eigenvalue weighted by Crippen LogP contribution is 2.46. The van der Waals surface area contributed by atoms with Crippen LogP contribution in [-0.2, 0) is 5.54 Å². The van der Waals surface area contributed by atoms with Crippen LogP contribution >= 0.6 is 0 Å². The lowest BCUT2D eigenvalue weighted by Gasteiger charge is -2.40. The van der Waals surface area contributed by atoms with Crippen molar-refractivity contribution in [2.75, 3.05) is 19.8 Å². The largest absolute Gasteiger partial charge is 0.396 e. The van der Waals surface area contributed by atoms with Gasteiger partial charge in [0, 0.05) is 25.3 Å². The summed E-state index contributed by atoms with van der Waals surface area (Å²) in [5.74, 6) is 0.186. The second kappa shape index (κ2) is 11.5. The zero-order chi connectivity index (χ0) is 19.5. The van der Waals surface area contributed by atoms with Crippen LogP contribution in [0.2, 0.25) is 0 Å². The van der Waals surface area contributed by atoms with Gasteiger partial charge in [0.15, 0.2) is 0 Å². The molecule has 0 atom stereocenters. The third kappa shape index (κ3) is 5.32. The van der Waals surface area contributed by atoms with Crippen molar-refractivity contribution in [1.82, 2.24) is 4.90 Å². The molecule has 0 spiro atoms. The van der Waals surface area contributed by atoms with Crippen molar-refractivity contribution in [3.05, 3.63) is 35.4 Å². The highest BCUT2D eigenvalue weighted by atomic mass is 16.3. The molecule has 27 heavy (non-hydrogen) atoms. The van der Waals surface area contributed by atoms with Gasteiger partial charge in [-0.15, -0.1) is 0 Å². The molecule has 0 saturated heterocycles. The summed E-state index contributed by atoms with van der Waals surface area (Å²) < 4.78 is 0. The number of aliphatic hydroxyl groups excluding tert-OH is 2. The molecule has 0 fully saturated rings. The third-order valence-electron chi connectivity index (χ3n) is 5.90.